The number of carbonyl (C=O) groups is 1. The molecule has 2 aromatic rings. The van der Waals surface area contributed by atoms with Gasteiger partial charge in [-0.1, -0.05) is 12.1 Å². The molecule has 20 heavy (non-hydrogen) atoms. The summed E-state index contributed by atoms with van der Waals surface area (Å²) in [5.74, 6) is -3.18. The van der Waals surface area contributed by atoms with Crippen LogP contribution in [-0.4, -0.2) is 5.78 Å². The highest BCUT2D eigenvalue weighted by atomic mass is 19.4. The molecule has 0 N–H and O–H groups in total. The summed E-state index contributed by atoms with van der Waals surface area (Å²) in [6.07, 6.45) is -4.83. The van der Waals surface area contributed by atoms with Gasteiger partial charge in [0.2, 0.25) is 0 Å². The molecule has 0 heterocycles. The smallest absolute Gasteiger partial charge is 0.288 e. The maximum atomic E-state index is 13.5. The van der Waals surface area contributed by atoms with Crippen molar-refractivity contribution in [2.45, 2.75) is 6.18 Å². The molecule has 6 heteroatoms. The molecule has 0 unspecified atom stereocenters. The zero-order valence-electron chi connectivity index (χ0n) is 9.84. The fourth-order valence-corrected chi connectivity index (χ4v) is 1.74. The summed E-state index contributed by atoms with van der Waals surface area (Å²) in [6.45, 7) is 0. The van der Waals surface area contributed by atoms with Crippen molar-refractivity contribution in [3.8, 4) is 0 Å². The van der Waals surface area contributed by atoms with E-state index in [4.69, 9.17) is 0 Å². The minimum absolute atomic E-state index is 0.456. The molecule has 0 aliphatic rings. The van der Waals surface area contributed by atoms with Crippen molar-refractivity contribution in [1.82, 2.24) is 0 Å². The van der Waals surface area contributed by atoms with E-state index in [2.05, 4.69) is 0 Å². The molecule has 0 radical (unpaired) electrons. The van der Waals surface area contributed by atoms with Crippen LogP contribution in [0.2, 0.25) is 0 Å². The Morgan fingerprint density at radius 1 is 0.900 bits per heavy atom. The lowest BCUT2D eigenvalue weighted by atomic mass is 9.97. The Morgan fingerprint density at radius 2 is 1.55 bits per heavy atom. The van der Waals surface area contributed by atoms with Gasteiger partial charge in [0, 0.05) is 5.56 Å². The summed E-state index contributed by atoms with van der Waals surface area (Å²) in [7, 11) is 0. The lowest BCUT2D eigenvalue weighted by Gasteiger charge is -2.12. The Hall–Kier alpha value is -2.24. The van der Waals surface area contributed by atoms with E-state index in [0.717, 1.165) is 12.1 Å². The molecule has 0 saturated heterocycles. The van der Waals surface area contributed by atoms with Crippen LogP contribution in [0.15, 0.2) is 42.5 Å². The van der Waals surface area contributed by atoms with Crippen LogP contribution in [-0.2, 0) is 6.18 Å². The third-order valence-corrected chi connectivity index (χ3v) is 2.65. The van der Waals surface area contributed by atoms with Gasteiger partial charge in [0.15, 0.2) is 5.78 Å². The number of ketones is 1. The second-order valence-corrected chi connectivity index (χ2v) is 4.00. The highest BCUT2D eigenvalue weighted by Gasteiger charge is 2.35. The summed E-state index contributed by atoms with van der Waals surface area (Å²) < 4.78 is 64.9. The molecule has 2 rings (SSSR count). The van der Waals surface area contributed by atoms with E-state index >= 15 is 0 Å². The SMILES string of the molecule is O=C(c1ccccc1F)c1cc(F)ccc1C(F)(F)F. The Bertz CT molecular complexity index is 661. The quantitative estimate of drug-likeness (QED) is 0.597. The molecule has 0 aromatic heterocycles. The molecule has 0 aliphatic heterocycles. The number of hydrogen-bond donors (Lipinski definition) is 0. The Morgan fingerprint density at radius 3 is 2.15 bits per heavy atom. The highest BCUT2D eigenvalue weighted by Crippen LogP contribution is 2.33. The molecule has 0 atom stereocenters. The van der Waals surface area contributed by atoms with Gasteiger partial charge in [0.25, 0.3) is 0 Å². The van der Waals surface area contributed by atoms with Gasteiger partial charge in [0.1, 0.15) is 11.6 Å². The van der Waals surface area contributed by atoms with Crippen LogP contribution < -0.4 is 0 Å². The third-order valence-electron chi connectivity index (χ3n) is 2.65. The van der Waals surface area contributed by atoms with E-state index in [1.54, 1.807) is 0 Å². The van der Waals surface area contributed by atoms with Crippen LogP contribution in [0, 0.1) is 11.6 Å². The first-order valence-electron chi connectivity index (χ1n) is 5.46. The Kier molecular flexibility index (Phi) is 3.57. The second-order valence-electron chi connectivity index (χ2n) is 4.00. The Balaban J connectivity index is 2.61. The predicted octanol–water partition coefficient (Wildman–Crippen LogP) is 4.21. The van der Waals surface area contributed by atoms with E-state index < -0.39 is 40.3 Å². The van der Waals surface area contributed by atoms with E-state index in [0.29, 0.717) is 18.2 Å². The number of alkyl halides is 3. The topological polar surface area (TPSA) is 17.1 Å². The highest BCUT2D eigenvalue weighted by molar-refractivity contribution is 6.10. The Labute approximate surface area is 110 Å². The maximum Gasteiger partial charge on any atom is 0.417 e. The molecule has 0 bridgehead atoms. The lowest BCUT2D eigenvalue weighted by Crippen LogP contribution is -2.15. The number of carbonyl (C=O) groups excluding carboxylic acids is 1. The lowest BCUT2D eigenvalue weighted by molar-refractivity contribution is -0.137. The molecule has 1 nitrogen and oxygen atoms in total. The van der Waals surface area contributed by atoms with Crippen LogP contribution in [0.5, 0.6) is 0 Å². The van der Waals surface area contributed by atoms with Gasteiger partial charge in [-0.05, 0) is 30.3 Å². The van der Waals surface area contributed by atoms with Crippen molar-refractivity contribution >= 4 is 5.78 Å². The molecule has 0 aliphatic carbocycles. The molecular formula is C14H7F5O. The fraction of sp³-hybridized carbons (Fsp3) is 0.0714. The van der Waals surface area contributed by atoms with E-state index in [9.17, 15) is 26.7 Å². The molecular weight excluding hydrogens is 279 g/mol. The molecule has 0 amide bonds. The first kappa shape index (κ1) is 14.2. The van der Waals surface area contributed by atoms with Gasteiger partial charge in [-0.2, -0.15) is 13.2 Å². The maximum absolute atomic E-state index is 13.5. The molecule has 0 saturated carbocycles. The zero-order valence-corrected chi connectivity index (χ0v) is 9.84. The van der Waals surface area contributed by atoms with Crippen molar-refractivity contribution in [3.63, 3.8) is 0 Å². The van der Waals surface area contributed by atoms with Gasteiger partial charge in [-0.15, -0.1) is 0 Å². The van der Waals surface area contributed by atoms with E-state index in [-0.39, 0.29) is 0 Å². The minimum Gasteiger partial charge on any atom is -0.288 e. The predicted molar refractivity (Wildman–Crippen MR) is 61.2 cm³/mol. The van der Waals surface area contributed by atoms with Crippen molar-refractivity contribution in [3.05, 3.63) is 70.8 Å². The monoisotopic (exact) mass is 286 g/mol. The van der Waals surface area contributed by atoms with Crippen LogP contribution in [0.4, 0.5) is 22.0 Å². The fourth-order valence-electron chi connectivity index (χ4n) is 1.74. The van der Waals surface area contributed by atoms with Gasteiger partial charge in [-0.3, -0.25) is 4.79 Å². The summed E-state index contributed by atoms with van der Waals surface area (Å²) in [5, 5.41) is 0. The van der Waals surface area contributed by atoms with Gasteiger partial charge >= 0.3 is 6.18 Å². The summed E-state index contributed by atoms with van der Waals surface area (Å²) in [6, 6.07) is 6.11. The number of halogens is 5. The van der Waals surface area contributed by atoms with Crippen LogP contribution in [0.3, 0.4) is 0 Å². The number of benzene rings is 2. The van der Waals surface area contributed by atoms with Crippen molar-refractivity contribution in [2.75, 3.05) is 0 Å². The molecule has 2 aromatic carbocycles. The first-order valence-corrected chi connectivity index (χ1v) is 5.46. The molecule has 0 spiro atoms. The van der Waals surface area contributed by atoms with Crippen molar-refractivity contribution in [1.29, 1.82) is 0 Å². The van der Waals surface area contributed by atoms with Crippen molar-refractivity contribution in [2.24, 2.45) is 0 Å². The summed E-state index contributed by atoms with van der Waals surface area (Å²) in [4.78, 5) is 12.0. The normalized spacial score (nSPS) is 11.4. The second kappa shape index (κ2) is 5.03. The minimum atomic E-state index is -4.83. The standard InChI is InChI=1S/C14H7F5O/c15-8-5-6-11(14(17,18)19)10(7-8)13(20)9-3-1-2-4-12(9)16/h1-7H. The van der Waals surface area contributed by atoms with Gasteiger partial charge in [-0.25, -0.2) is 8.78 Å². The van der Waals surface area contributed by atoms with Gasteiger partial charge in [0.05, 0.1) is 11.1 Å². The van der Waals surface area contributed by atoms with E-state index in [1.165, 1.54) is 12.1 Å². The molecule has 0 fully saturated rings. The number of rotatable bonds is 2. The van der Waals surface area contributed by atoms with Crippen LogP contribution >= 0.6 is 0 Å². The average Bonchev–Trinajstić information content (AvgIpc) is 2.37. The van der Waals surface area contributed by atoms with Crippen LogP contribution in [0.25, 0.3) is 0 Å². The molecule has 104 valence electrons. The largest absolute Gasteiger partial charge is 0.417 e. The summed E-state index contributed by atoms with van der Waals surface area (Å²) >= 11 is 0. The average molecular weight is 286 g/mol. The third kappa shape index (κ3) is 2.68. The van der Waals surface area contributed by atoms with E-state index in [1.807, 2.05) is 0 Å². The zero-order chi connectivity index (χ0) is 14.9. The van der Waals surface area contributed by atoms with Crippen molar-refractivity contribution < 1.29 is 26.7 Å². The first-order chi connectivity index (χ1) is 9.30. The summed E-state index contributed by atoms with van der Waals surface area (Å²) in [5.41, 5.74) is -2.75. The van der Waals surface area contributed by atoms with Crippen LogP contribution in [0.1, 0.15) is 21.5 Å². The van der Waals surface area contributed by atoms with Gasteiger partial charge < -0.3 is 0 Å². The number of hydrogen-bond acceptors (Lipinski definition) is 1.